The van der Waals surface area contributed by atoms with Gasteiger partial charge in [0.25, 0.3) is 11.8 Å². The van der Waals surface area contributed by atoms with E-state index in [1.165, 1.54) is 17.0 Å². The molecule has 0 radical (unpaired) electrons. The van der Waals surface area contributed by atoms with E-state index in [0.29, 0.717) is 16.8 Å². The van der Waals surface area contributed by atoms with Gasteiger partial charge in [-0.3, -0.25) is 14.5 Å². The summed E-state index contributed by atoms with van der Waals surface area (Å²) in [5.41, 5.74) is 5.03. The first-order valence-electron chi connectivity index (χ1n) is 8.47. The minimum absolute atomic E-state index is 0.132. The van der Waals surface area contributed by atoms with Crippen molar-refractivity contribution < 1.29 is 14.0 Å². The number of carbonyl (C=O) groups excluding carboxylic acids is 2. The highest BCUT2D eigenvalue weighted by Crippen LogP contribution is 2.36. The third-order valence-electron chi connectivity index (χ3n) is 4.56. The Hall–Kier alpha value is -3.54. The highest BCUT2D eigenvalue weighted by Gasteiger charge is 2.30. The highest BCUT2D eigenvalue weighted by molar-refractivity contribution is 6.26. The number of hydrogen-bond donors (Lipinski definition) is 1. The van der Waals surface area contributed by atoms with Gasteiger partial charge in [0.2, 0.25) is 0 Å². The number of anilines is 1. The van der Waals surface area contributed by atoms with Crippen LogP contribution in [-0.2, 0) is 4.79 Å². The van der Waals surface area contributed by atoms with Crippen molar-refractivity contribution >= 4 is 34.0 Å². The molecule has 0 aromatic heterocycles. The molecule has 0 spiro atoms. The Labute approximate surface area is 155 Å². The smallest absolute Gasteiger partial charge is 0.260 e. The first kappa shape index (κ1) is 16.9. The molecule has 0 fully saturated rings. The van der Waals surface area contributed by atoms with E-state index in [1.54, 1.807) is 25.1 Å². The normalized spacial score (nSPS) is 13.3. The van der Waals surface area contributed by atoms with Crippen LogP contribution in [0.5, 0.6) is 0 Å². The van der Waals surface area contributed by atoms with Crippen molar-refractivity contribution in [1.82, 2.24) is 5.43 Å². The molecule has 1 heterocycles. The van der Waals surface area contributed by atoms with E-state index in [4.69, 9.17) is 0 Å². The number of hydrazone groups is 1. The van der Waals surface area contributed by atoms with Crippen LogP contribution in [0, 0.1) is 5.82 Å². The molecule has 0 saturated carbocycles. The number of nitrogens with zero attached hydrogens (tertiary/aromatic N) is 2. The van der Waals surface area contributed by atoms with Crippen LogP contribution in [0.1, 0.15) is 22.8 Å². The summed E-state index contributed by atoms with van der Waals surface area (Å²) in [6, 6.07) is 17.0. The van der Waals surface area contributed by atoms with Crippen LogP contribution in [0.2, 0.25) is 0 Å². The SMILES string of the molecule is C/C(=N/NC(=O)CN1C(=O)c2cccc3cccc1c23)c1ccc(F)cc1. The number of rotatable bonds is 4. The molecule has 0 unspecified atom stereocenters. The molecule has 0 saturated heterocycles. The quantitative estimate of drug-likeness (QED) is 0.571. The highest BCUT2D eigenvalue weighted by atomic mass is 19.1. The molecule has 0 atom stereocenters. The van der Waals surface area contributed by atoms with Gasteiger partial charge in [0.15, 0.2) is 0 Å². The molecule has 3 aromatic rings. The van der Waals surface area contributed by atoms with Crippen molar-refractivity contribution in [2.45, 2.75) is 6.92 Å². The summed E-state index contributed by atoms with van der Waals surface area (Å²) < 4.78 is 13.0. The Balaban J connectivity index is 1.51. The van der Waals surface area contributed by atoms with Gasteiger partial charge in [-0.25, -0.2) is 9.82 Å². The average Bonchev–Trinajstić information content (AvgIpc) is 2.95. The number of amides is 2. The fourth-order valence-corrected chi connectivity index (χ4v) is 3.22. The Kier molecular flexibility index (Phi) is 4.16. The molecule has 27 heavy (non-hydrogen) atoms. The molecule has 0 aliphatic carbocycles. The van der Waals surface area contributed by atoms with Crippen molar-refractivity contribution in [3.63, 3.8) is 0 Å². The van der Waals surface area contributed by atoms with E-state index in [2.05, 4.69) is 10.5 Å². The summed E-state index contributed by atoms with van der Waals surface area (Å²) in [4.78, 5) is 26.5. The lowest BCUT2D eigenvalue weighted by molar-refractivity contribution is -0.119. The number of halogens is 1. The van der Waals surface area contributed by atoms with Crippen molar-refractivity contribution in [3.8, 4) is 0 Å². The fraction of sp³-hybridized carbons (Fsp3) is 0.0952. The molecule has 1 aliphatic heterocycles. The zero-order valence-corrected chi connectivity index (χ0v) is 14.6. The van der Waals surface area contributed by atoms with Crippen LogP contribution in [0.3, 0.4) is 0 Å². The molecule has 4 rings (SSSR count). The molecule has 5 nitrogen and oxygen atoms in total. The van der Waals surface area contributed by atoms with Gasteiger partial charge in [-0.05, 0) is 42.1 Å². The first-order valence-corrected chi connectivity index (χ1v) is 8.47. The zero-order chi connectivity index (χ0) is 19.0. The molecule has 134 valence electrons. The van der Waals surface area contributed by atoms with Gasteiger partial charge in [-0.2, -0.15) is 5.10 Å². The predicted molar refractivity (Wildman–Crippen MR) is 102 cm³/mol. The van der Waals surface area contributed by atoms with E-state index < -0.39 is 5.91 Å². The second-order valence-corrected chi connectivity index (χ2v) is 6.31. The standard InChI is InChI=1S/C21H16FN3O2/c1-13(14-8-10-16(22)11-9-14)23-24-19(26)12-25-18-7-3-5-15-4-2-6-17(20(15)18)21(25)27/h2-11H,12H2,1H3,(H,24,26)/b23-13-. The van der Waals surface area contributed by atoms with Crippen molar-refractivity contribution in [2.24, 2.45) is 5.10 Å². The molecule has 3 aromatic carbocycles. The minimum atomic E-state index is -0.408. The van der Waals surface area contributed by atoms with E-state index in [0.717, 1.165) is 16.5 Å². The first-order chi connectivity index (χ1) is 13.0. The predicted octanol–water partition coefficient (Wildman–Crippen LogP) is 3.48. The maximum absolute atomic E-state index is 13.0. The Morgan fingerprint density at radius 1 is 1.07 bits per heavy atom. The third-order valence-corrected chi connectivity index (χ3v) is 4.56. The van der Waals surface area contributed by atoms with Crippen molar-refractivity contribution in [1.29, 1.82) is 0 Å². The Bertz CT molecular complexity index is 1090. The van der Waals surface area contributed by atoms with Gasteiger partial charge in [0, 0.05) is 10.9 Å². The maximum atomic E-state index is 13.0. The number of carbonyl (C=O) groups is 2. The van der Waals surface area contributed by atoms with Gasteiger partial charge in [0.05, 0.1) is 11.4 Å². The van der Waals surface area contributed by atoms with Crippen LogP contribution in [0.4, 0.5) is 10.1 Å². The lowest BCUT2D eigenvalue weighted by Gasteiger charge is -2.16. The zero-order valence-electron chi connectivity index (χ0n) is 14.6. The molecule has 2 amide bonds. The van der Waals surface area contributed by atoms with Gasteiger partial charge < -0.3 is 0 Å². The van der Waals surface area contributed by atoms with Crippen LogP contribution >= 0.6 is 0 Å². The number of nitrogens with one attached hydrogen (secondary N) is 1. The van der Waals surface area contributed by atoms with E-state index in [1.807, 2.05) is 30.3 Å². The van der Waals surface area contributed by atoms with Crippen molar-refractivity contribution in [2.75, 3.05) is 11.4 Å². The van der Waals surface area contributed by atoms with E-state index >= 15 is 0 Å². The van der Waals surface area contributed by atoms with E-state index in [9.17, 15) is 14.0 Å². The van der Waals surface area contributed by atoms with Crippen LogP contribution in [-0.4, -0.2) is 24.1 Å². The van der Waals surface area contributed by atoms with Gasteiger partial charge in [-0.15, -0.1) is 0 Å². The van der Waals surface area contributed by atoms with E-state index in [-0.39, 0.29) is 18.3 Å². The van der Waals surface area contributed by atoms with Gasteiger partial charge in [0.1, 0.15) is 12.4 Å². The third kappa shape index (κ3) is 3.06. The average molecular weight is 361 g/mol. The summed E-state index contributed by atoms with van der Waals surface area (Å²) >= 11 is 0. The maximum Gasteiger partial charge on any atom is 0.260 e. The van der Waals surface area contributed by atoms with Gasteiger partial charge >= 0.3 is 0 Å². The molecule has 1 aliphatic rings. The van der Waals surface area contributed by atoms with Crippen LogP contribution < -0.4 is 10.3 Å². The number of benzene rings is 3. The molecule has 1 N–H and O–H groups in total. The largest absolute Gasteiger partial charge is 0.298 e. The summed E-state index contributed by atoms with van der Waals surface area (Å²) in [7, 11) is 0. The summed E-state index contributed by atoms with van der Waals surface area (Å²) in [6.07, 6.45) is 0. The number of hydrogen-bond acceptors (Lipinski definition) is 3. The monoisotopic (exact) mass is 361 g/mol. The van der Waals surface area contributed by atoms with Crippen molar-refractivity contribution in [3.05, 3.63) is 77.6 Å². The summed E-state index contributed by atoms with van der Waals surface area (Å²) in [5, 5.41) is 5.87. The summed E-state index contributed by atoms with van der Waals surface area (Å²) in [6.45, 7) is 1.58. The second kappa shape index (κ2) is 6.64. The summed E-state index contributed by atoms with van der Waals surface area (Å²) in [5.74, 6) is -0.942. The Morgan fingerprint density at radius 2 is 1.78 bits per heavy atom. The molecule has 0 bridgehead atoms. The lowest BCUT2D eigenvalue weighted by Crippen LogP contribution is -2.37. The molecule has 6 heteroatoms. The molecular formula is C21H16FN3O2. The topological polar surface area (TPSA) is 61.8 Å². The minimum Gasteiger partial charge on any atom is -0.298 e. The Morgan fingerprint density at radius 3 is 2.52 bits per heavy atom. The fourth-order valence-electron chi connectivity index (χ4n) is 3.22. The lowest BCUT2D eigenvalue weighted by atomic mass is 10.1. The van der Waals surface area contributed by atoms with Gasteiger partial charge in [-0.1, -0.05) is 36.4 Å². The van der Waals surface area contributed by atoms with Crippen LogP contribution in [0.15, 0.2) is 65.8 Å². The molecular weight excluding hydrogens is 345 g/mol. The van der Waals surface area contributed by atoms with Crippen LogP contribution in [0.25, 0.3) is 10.8 Å². The second-order valence-electron chi connectivity index (χ2n) is 6.31.